The second-order valence-corrected chi connectivity index (χ2v) is 4.69. The molecule has 0 aromatic heterocycles. The van der Waals surface area contributed by atoms with Gasteiger partial charge < -0.3 is 15.4 Å². The molecule has 0 aliphatic carbocycles. The molecular formula is C15H18N2O4. The molecule has 0 saturated carbocycles. The molecule has 6 nitrogen and oxygen atoms in total. The van der Waals surface area contributed by atoms with Crippen LogP contribution in [0.2, 0.25) is 0 Å². The maximum atomic E-state index is 11.9. The van der Waals surface area contributed by atoms with E-state index in [4.69, 9.17) is 4.74 Å². The second-order valence-electron chi connectivity index (χ2n) is 4.69. The van der Waals surface area contributed by atoms with Crippen molar-refractivity contribution in [1.82, 2.24) is 0 Å². The van der Waals surface area contributed by atoms with E-state index in [1.54, 1.807) is 13.0 Å². The summed E-state index contributed by atoms with van der Waals surface area (Å²) in [4.78, 5) is 34.2. The molecule has 1 aromatic rings. The molecule has 0 fully saturated rings. The predicted octanol–water partition coefficient (Wildman–Crippen LogP) is 2.34. The van der Waals surface area contributed by atoms with Gasteiger partial charge in [-0.3, -0.25) is 9.59 Å². The number of esters is 1. The second kappa shape index (κ2) is 7.23. The molecule has 0 spiro atoms. The summed E-state index contributed by atoms with van der Waals surface area (Å²) in [5, 5.41) is 5.13. The third-order valence-electron chi connectivity index (χ3n) is 2.26. The molecule has 0 saturated heterocycles. The van der Waals surface area contributed by atoms with Crippen molar-refractivity contribution in [3.63, 3.8) is 0 Å². The summed E-state index contributed by atoms with van der Waals surface area (Å²) >= 11 is 0. The fourth-order valence-corrected chi connectivity index (χ4v) is 1.57. The molecule has 0 heterocycles. The van der Waals surface area contributed by atoms with Gasteiger partial charge in [-0.25, -0.2) is 4.79 Å². The zero-order valence-corrected chi connectivity index (χ0v) is 12.3. The molecule has 1 aromatic carbocycles. The van der Waals surface area contributed by atoms with Gasteiger partial charge in [-0.05, 0) is 30.7 Å². The van der Waals surface area contributed by atoms with E-state index in [0.29, 0.717) is 16.9 Å². The van der Waals surface area contributed by atoms with Crippen molar-refractivity contribution in [2.75, 3.05) is 17.2 Å². The molecule has 0 bridgehead atoms. The van der Waals surface area contributed by atoms with Crippen molar-refractivity contribution >= 4 is 29.2 Å². The maximum Gasteiger partial charge on any atom is 0.338 e. The normalized spacial score (nSPS) is 9.67. The Morgan fingerprint density at radius 2 is 1.48 bits per heavy atom. The minimum absolute atomic E-state index is 0.110. The fraction of sp³-hybridized carbons (Fsp3) is 0.267. The summed E-state index contributed by atoms with van der Waals surface area (Å²) in [5.41, 5.74) is 1.74. The van der Waals surface area contributed by atoms with Crippen LogP contribution in [-0.4, -0.2) is 24.4 Å². The van der Waals surface area contributed by atoms with Crippen molar-refractivity contribution < 1.29 is 19.1 Å². The molecular weight excluding hydrogens is 272 g/mol. The van der Waals surface area contributed by atoms with Gasteiger partial charge in [0.15, 0.2) is 0 Å². The van der Waals surface area contributed by atoms with Crippen LogP contribution in [0.1, 0.15) is 31.1 Å². The third-order valence-corrected chi connectivity index (χ3v) is 2.26. The molecule has 1 rings (SSSR count). The number of amides is 2. The molecule has 2 N–H and O–H groups in total. The Morgan fingerprint density at radius 3 is 1.86 bits per heavy atom. The smallest absolute Gasteiger partial charge is 0.338 e. The molecule has 0 aliphatic rings. The van der Waals surface area contributed by atoms with Crippen LogP contribution >= 0.6 is 0 Å². The lowest BCUT2D eigenvalue weighted by atomic mass is 10.1. The lowest BCUT2D eigenvalue weighted by molar-refractivity contribution is -0.115. The number of rotatable bonds is 5. The van der Waals surface area contributed by atoms with Crippen LogP contribution < -0.4 is 10.6 Å². The average molecular weight is 290 g/mol. The van der Waals surface area contributed by atoms with Crippen LogP contribution in [0.25, 0.3) is 0 Å². The molecule has 0 radical (unpaired) electrons. The minimum atomic E-state index is -0.559. The molecule has 112 valence electrons. The standard InChI is InChI=1S/C15H18N2O4/c1-9(2)8-21-15(20)12-5-13(16-10(3)18)7-14(6-12)17-11(4)19/h5-7H,1,8H2,2-4H3,(H,16,18)(H,17,19). The van der Waals surface area contributed by atoms with Crippen molar-refractivity contribution in [1.29, 1.82) is 0 Å². The first-order chi connectivity index (χ1) is 9.77. The monoisotopic (exact) mass is 290 g/mol. The highest BCUT2D eigenvalue weighted by Crippen LogP contribution is 2.20. The largest absolute Gasteiger partial charge is 0.458 e. The number of ether oxygens (including phenoxy) is 1. The molecule has 0 atom stereocenters. The van der Waals surface area contributed by atoms with Gasteiger partial charge in [0.05, 0.1) is 5.56 Å². The van der Waals surface area contributed by atoms with Crippen LogP contribution in [0.15, 0.2) is 30.4 Å². The van der Waals surface area contributed by atoms with Gasteiger partial charge in [-0.1, -0.05) is 6.58 Å². The highest BCUT2D eigenvalue weighted by Gasteiger charge is 2.11. The summed E-state index contributed by atoms with van der Waals surface area (Å²) in [6.07, 6.45) is 0. The average Bonchev–Trinajstić information content (AvgIpc) is 2.33. The van der Waals surface area contributed by atoms with Gasteiger partial charge in [0.2, 0.25) is 11.8 Å². The maximum absolute atomic E-state index is 11.9. The summed E-state index contributed by atoms with van der Waals surface area (Å²) in [6.45, 7) is 8.20. The number of nitrogens with one attached hydrogen (secondary N) is 2. The minimum Gasteiger partial charge on any atom is -0.458 e. The van der Waals surface area contributed by atoms with E-state index in [0.717, 1.165) is 0 Å². The van der Waals surface area contributed by atoms with E-state index in [1.165, 1.54) is 26.0 Å². The van der Waals surface area contributed by atoms with E-state index >= 15 is 0 Å². The van der Waals surface area contributed by atoms with Crippen LogP contribution in [-0.2, 0) is 14.3 Å². The Labute approximate surface area is 123 Å². The van der Waals surface area contributed by atoms with Crippen molar-refractivity contribution in [3.05, 3.63) is 35.9 Å². The third kappa shape index (κ3) is 5.90. The van der Waals surface area contributed by atoms with Crippen molar-refractivity contribution in [2.45, 2.75) is 20.8 Å². The van der Waals surface area contributed by atoms with Gasteiger partial charge in [-0.2, -0.15) is 0 Å². The summed E-state index contributed by atoms with van der Waals surface area (Å²) in [7, 11) is 0. The summed E-state index contributed by atoms with van der Waals surface area (Å²) < 4.78 is 5.05. The first-order valence-electron chi connectivity index (χ1n) is 6.29. The molecule has 0 unspecified atom stereocenters. The van der Waals surface area contributed by atoms with Crippen LogP contribution in [0.4, 0.5) is 11.4 Å². The van der Waals surface area contributed by atoms with Crippen LogP contribution in [0.5, 0.6) is 0 Å². The summed E-state index contributed by atoms with van der Waals surface area (Å²) in [5.74, 6) is -1.12. The van der Waals surface area contributed by atoms with Crippen molar-refractivity contribution in [2.24, 2.45) is 0 Å². The van der Waals surface area contributed by atoms with E-state index in [2.05, 4.69) is 17.2 Å². The van der Waals surface area contributed by atoms with Crippen LogP contribution in [0, 0.1) is 0 Å². The lowest BCUT2D eigenvalue weighted by Gasteiger charge is -2.10. The number of hydrogen-bond donors (Lipinski definition) is 2. The van der Waals surface area contributed by atoms with Gasteiger partial charge in [0, 0.05) is 25.2 Å². The fourth-order valence-electron chi connectivity index (χ4n) is 1.57. The quantitative estimate of drug-likeness (QED) is 0.644. The Kier molecular flexibility index (Phi) is 5.66. The number of carbonyl (C=O) groups is 3. The number of anilines is 2. The van der Waals surface area contributed by atoms with Gasteiger partial charge in [0.1, 0.15) is 6.61 Å². The van der Waals surface area contributed by atoms with Gasteiger partial charge >= 0.3 is 5.97 Å². The highest BCUT2D eigenvalue weighted by atomic mass is 16.5. The zero-order chi connectivity index (χ0) is 16.0. The van der Waals surface area contributed by atoms with Crippen LogP contribution in [0.3, 0.4) is 0 Å². The highest BCUT2D eigenvalue weighted by molar-refractivity contribution is 5.97. The Morgan fingerprint density at radius 1 is 1.00 bits per heavy atom. The SMILES string of the molecule is C=C(C)COC(=O)c1cc(NC(C)=O)cc(NC(C)=O)c1. The van der Waals surface area contributed by atoms with E-state index in [-0.39, 0.29) is 24.0 Å². The number of carbonyl (C=O) groups excluding carboxylic acids is 3. The Hall–Kier alpha value is -2.63. The molecule has 21 heavy (non-hydrogen) atoms. The molecule has 6 heteroatoms. The Balaban J connectivity index is 3.05. The zero-order valence-electron chi connectivity index (χ0n) is 12.3. The van der Waals surface area contributed by atoms with Crippen molar-refractivity contribution in [3.8, 4) is 0 Å². The molecule has 0 aliphatic heterocycles. The summed E-state index contributed by atoms with van der Waals surface area (Å²) in [6, 6.07) is 4.51. The van der Waals surface area contributed by atoms with E-state index < -0.39 is 5.97 Å². The van der Waals surface area contributed by atoms with E-state index in [1.807, 2.05) is 0 Å². The first-order valence-corrected chi connectivity index (χ1v) is 6.29. The number of benzene rings is 1. The van der Waals surface area contributed by atoms with Gasteiger partial charge in [0.25, 0.3) is 0 Å². The molecule has 2 amide bonds. The van der Waals surface area contributed by atoms with E-state index in [9.17, 15) is 14.4 Å². The predicted molar refractivity (Wildman–Crippen MR) is 80.1 cm³/mol. The first kappa shape index (κ1) is 16.4. The lowest BCUT2D eigenvalue weighted by Crippen LogP contribution is -2.12. The number of hydrogen-bond acceptors (Lipinski definition) is 4. The Bertz CT molecular complexity index is 559. The topological polar surface area (TPSA) is 84.5 Å². The van der Waals surface area contributed by atoms with Gasteiger partial charge in [-0.15, -0.1) is 0 Å².